The molecule has 1 aromatic rings. The molecule has 0 aromatic heterocycles. The van der Waals surface area contributed by atoms with Crippen LogP contribution in [0.3, 0.4) is 0 Å². The third kappa shape index (κ3) is 4.22. The van der Waals surface area contributed by atoms with E-state index in [9.17, 15) is 9.18 Å². The van der Waals surface area contributed by atoms with Crippen molar-refractivity contribution in [3.8, 4) is 0 Å². The number of hydrogen-bond acceptors (Lipinski definition) is 1. The number of urea groups is 1. The van der Waals surface area contributed by atoms with Crippen LogP contribution in [0.5, 0.6) is 0 Å². The number of carbonyl (C=O) groups is 1. The summed E-state index contributed by atoms with van der Waals surface area (Å²) in [4.78, 5) is 13.9. The van der Waals surface area contributed by atoms with Crippen LogP contribution in [-0.2, 0) is 6.54 Å². The van der Waals surface area contributed by atoms with Crippen LogP contribution in [0.4, 0.5) is 9.18 Å². The highest BCUT2D eigenvalue weighted by atomic mass is 19.1. The molecule has 0 unspecified atom stereocenters. The van der Waals surface area contributed by atoms with Gasteiger partial charge in [-0.2, -0.15) is 0 Å². The second-order valence-corrected chi connectivity index (χ2v) is 5.54. The van der Waals surface area contributed by atoms with Gasteiger partial charge in [-0.1, -0.05) is 37.8 Å². The molecule has 1 aliphatic carbocycles. The molecule has 0 aliphatic heterocycles. The van der Waals surface area contributed by atoms with E-state index in [1.807, 2.05) is 18.0 Å². The van der Waals surface area contributed by atoms with Crippen molar-refractivity contribution in [1.29, 1.82) is 0 Å². The number of benzene rings is 1. The molecule has 0 radical (unpaired) electrons. The summed E-state index contributed by atoms with van der Waals surface area (Å²) >= 11 is 0. The highest BCUT2D eigenvalue weighted by molar-refractivity contribution is 5.74. The number of rotatable bonds is 3. The van der Waals surface area contributed by atoms with E-state index in [0.717, 1.165) is 18.4 Å². The van der Waals surface area contributed by atoms with Gasteiger partial charge in [0.05, 0.1) is 0 Å². The molecule has 0 saturated heterocycles. The van der Waals surface area contributed by atoms with Crippen LogP contribution in [0.1, 0.15) is 44.1 Å². The van der Waals surface area contributed by atoms with Crippen LogP contribution < -0.4 is 5.32 Å². The zero-order valence-corrected chi connectivity index (χ0v) is 12.1. The molecule has 1 aliphatic rings. The average molecular weight is 278 g/mol. The Bertz CT molecular complexity index is 442. The highest BCUT2D eigenvalue weighted by Gasteiger charge is 2.20. The Balaban J connectivity index is 1.84. The molecule has 0 spiro atoms. The fourth-order valence-electron chi connectivity index (χ4n) is 2.76. The Morgan fingerprint density at radius 1 is 1.30 bits per heavy atom. The van der Waals surface area contributed by atoms with Crippen molar-refractivity contribution in [2.75, 3.05) is 7.05 Å². The number of nitrogens with one attached hydrogen (secondary N) is 1. The first kappa shape index (κ1) is 14.8. The summed E-state index contributed by atoms with van der Waals surface area (Å²) in [6.45, 7) is 0.369. The van der Waals surface area contributed by atoms with Gasteiger partial charge >= 0.3 is 6.03 Å². The maximum absolute atomic E-state index is 13.1. The maximum Gasteiger partial charge on any atom is 0.317 e. The summed E-state index contributed by atoms with van der Waals surface area (Å²) in [6.07, 6.45) is 7.12. The van der Waals surface area contributed by atoms with Crippen molar-refractivity contribution < 1.29 is 9.18 Å². The van der Waals surface area contributed by atoms with Crippen LogP contribution >= 0.6 is 0 Å². The van der Waals surface area contributed by atoms with Crippen molar-refractivity contribution in [1.82, 2.24) is 10.2 Å². The molecule has 1 aromatic carbocycles. The molecular formula is C16H23FN2O. The van der Waals surface area contributed by atoms with E-state index in [4.69, 9.17) is 0 Å². The largest absolute Gasteiger partial charge is 0.334 e. The predicted octanol–water partition coefficient (Wildman–Crippen LogP) is 3.69. The molecule has 1 saturated carbocycles. The van der Waals surface area contributed by atoms with Gasteiger partial charge in [-0.25, -0.2) is 9.18 Å². The summed E-state index contributed by atoms with van der Waals surface area (Å²) in [5.74, 6) is -0.270. The zero-order valence-electron chi connectivity index (χ0n) is 12.1. The average Bonchev–Trinajstić information content (AvgIpc) is 2.73. The van der Waals surface area contributed by atoms with Gasteiger partial charge in [-0.3, -0.25) is 0 Å². The fraction of sp³-hybridized carbons (Fsp3) is 0.562. The Kier molecular flexibility index (Phi) is 5.39. The van der Waals surface area contributed by atoms with Crippen molar-refractivity contribution in [2.24, 2.45) is 0 Å². The minimum absolute atomic E-state index is 0.0684. The van der Waals surface area contributed by atoms with Gasteiger partial charge in [0.25, 0.3) is 0 Å². The van der Waals surface area contributed by atoms with Crippen molar-refractivity contribution in [3.63, 3.8) is 0 Å². The third-order valence-electron chi connectivity index (χ3n) is 4.03. The van der Waals surface area contributed by atoms with Crippen LogP contribution in [0, 0.1) is 5.82 Å². The Morgan fingerprint density at radius 3 is 2.65 bits per heavy atom. The normalized spacial score (nSPS) is 16.5. The highest BCUT2D eigenvalue weighted by Crippen LogP contribution is 2.21. The minimum atomic E-state index is -0.270. The molecule has 1 fully saturated rings. The van der Waals surface area contributed by atoms with Crippen LogP contribution in [0.25, 0.3) is 0 Å². The molecular weight excluding hydrogens is 255 g/mol. The molecule has 0 heterocycles. The molecule has 1 N–H and O–H groups in total. The van der Waals surface area contributed by atoms with Gasteiger partial charge in [-0.15, -0.1) is 0 Å². The van der Waals surface area contributed by atoms with Crippen LogP contribution in [-0.4, -0.2) is 24.0 Å². The lowest BCUT2D eigenvalue weighted by molar-refractivity contribution is 0.183. The second kappa shape index (κ2) is 7.27. The minimum Gasteiger partial charge on any atom is -0.334 e. The molecule has 20 heavy (non-hydrogen) atoms. The first-order valence-electron chi connectivity index (χ1n) is 7.42. The number of carbonyl (C=O) groups excluding carboxylic acids is 1. The zero-order chi connectivity index (χ0) is 14.4. The second-order valence-electron chi connectivity index (χ2n) is 5.54. The third-order valence-corrected chi connectivity index (χ3v) is 4.03. The van der Waals surface area contributed by atoms with Gasteiger partial charge in [0.2, 0.25) is 0 Å². The van der Waals surface area contributed by atoms with E-state index in [2.05, 4.69) is 5.32 Å². The number of amides is 2. The fourth-order valence-corrected chi connectivity index (χ4v) is 2.76. The first-order valence-corrected chi connectivity index (χ1v) is 7.42. The molecule has 3 nitrogen and oxygen atoms in total. The van der Waals surface area contributed by atoms with Gasteiger partial charge in [0.15, 0.2) is 0 Å². The lowest BCUT2D eigenvalue weighted by Gasteiger charge is -2.27. The quantitative estimate of drug-likeness (QED) is 0.840. The van der Waals surface area contributed by atoms with E-state index in [1.54, 1.807) is 6.07 Å². The lowest BCUT2D eigenvalue weighted by atomic mass is 10.1. The summed E-state index contributed by atoms with van der Waals surface area (Å²) in [5.41, 5.74) is 0.785. The SMILES string of the molecule is CN(C(=O)NCc1cccc(F)c1)C1CCCCCC1. The Labute approximate surface area is 120 Å². The van der Waals surface area contributed by atoms with Crippen molar-refractivity contribution in [3.05, 3.63) is 35.6 Å². The van der Waals surface area contributed by atoms with E-state index in [-0.39, 0.29) is 11.8 Å². The van der Waals surface area contributed by atoms with Gasteiger partial charge in [-0.05, 0) is 30.5 Å². The summed E-state index contributed by atoms with van der Waals surface area (Å²) < 4.78 is 13.1. The molecule has 0 atom stereocenters. The van der Waals surface area contributed by atoms with Gasteiger partial charge in [0.1, 0.15) is 5.82 Å². The summed E-state index contributed by atoms with van der Waals surface area (Å²) in [5, 5.41) is 2.86. The first-order chi connectivity index (χ1) is 9.66. The number of hydrogen-bond donors (Lipinski definition) is 1. The van der Waals surface area contributed by atoms with Crippen molar-refractivity contribution in [2.45, 2.75) is 51.1 Å². The molecule has 110 valence electrons. The maximum atomic E-state index is 13.1. The smallest absolute Gasteiger partial charge is 0.317 e. The lowest BCUT2D eigenvalue weighted by Crippen LogP contribution is -2.43. The summed E-state index contributed by atoms with van der Waals surface area (Å²) in [7, 11) is 1.86. The van der Waals surface area contributed by atoms with Gasteiger partial charge in [0, 0.05) is 19.6 Å². The Hall–Kier alpha value is -1.58. The van der Waals surface area contributed by atoms with Crippen LogP contribution in [0.2, 0.25) is 0 Å². The van der Waals surface area contributed by atoms with E-state index in [0.29, 0.717) is 12.6 Å². The monoisotopic (exact) mass is 278 g/mol. The van der Waals surface area contributed by atoms with E-state index in [1.165, 1.54) is 37.8 Å². The Morgan fingerprint density at radius 2 is 2.00 bits per heavy atom. The predicted molar refractivity (Wildman–Crippen MR) is 77.9 cm³/mol. The topological polar surface area (TPSA) is 32.3 Å². The molecule has 4 heteroatoms. The number of nitrogens with zero attached hydrogens (tertiary/aromatic N) is 1. The molecule has 2 rings (SSSR count). The van der Waals surface area contributed by atoms with E-state index >= 15 is 0 Å². The summed E-state index contributed by atoms with van der Waals surface area (Å²) in [6, 6.07) is 6.60. The van der Waals surface area contributed by atoms with Crippen molar-refractivity contribution >= 4 is 6.03 Å². The number of halogens is 1. The van der Waals surface area contributed by atoms with Crippen LogP contribution in [0.15, 0.2) is 24.3 Å². The standard InChI is InChI=1S/C16H23FN2O/c1-19(15-9-4-2-3-5-10-15)16(20)18-12-13-7-6-8-14(17)11-13/h6-8,11,15H,2-5,9-10,12H2,1H3,(H,18,20). The molecule has 2 amide bonds. The van der Waals surface area contributed by atoms with Gasteiger partial charge < -0.3 is 10.2 Å². The molecule has 0 bridgehead atoms. The van der Waals surface area contributed by atoms with E-state index < -0.39 is 0 Å².